The predicted molar refractivity (Wildman–Crippen MR) is 79.6 cm³/mol. The molecule has 2 amide bonds. The molecule has 1 N–H and O–H groups in total. The van der Waals surface area contributed by atoms with Gasteiger partial charge >= 0.3 is 5.97 Å². The van der Waals surface area contributed by atoms with Crippen LogP contribution in [0, 0.1) is 0 Å². The van der Waals surface area contributed by atoms with Gasteiger partial charge in [0, 0.05) is 9.35 Å². The number of thiophene rings is 1. The average Bonchev–Trinajstić information content (AvgIpc) is 2.99. The number of hydrogen-bond acceptors (Lipinski definition) is 4. The lowest BCUT2D eigenvalue weighted by atomic mass is 10.1. The largest absolute Gasteiger partial charge is 0.477 e. The summed E-state index contributed by atoms with van der Waals surface area (Å²) in [6, 6.07) is 8.02. The molecule has 3 rings (SSSR count). The van der Waals surface area contributed by atoms with Crippen LogP contribution in [0.5, 0.6) is 0 Å². The van der Waals surface area contributed by atoms with Crippen LogP contribution in [0.3, 0.4) is 0 Å². The van der Waals surface area contributed by atoms with E-state index in [1.54, 1.807) is 24.3 Å². The van der Waals surface area contributed by atoms with Crippen molar-refractivity contribution >= 4 is 45.1 Å². The number of carboxylic acid groups (broad SMARTS) is 1. The summed E-state index contributed by atoms with van der Waals surface area (Å²) in [5.74, 6) is -1.73. The molecule has 7 heteroatoms. The molecule has 106 valence electrons. The van der Waals surface area contributed by atoms with Gasteiger partial charge < -0.3 is 5.11 Å². The molecule has 21 heavy (non-hydrogen) atoms. The number of carbonyl (C=O) groups excluding carboxylic acids is 2. The van der Waals surface area contributed by atoms with Crippen LogP contribution in [0.4, 0.5) is 0 Å². The fraction of sp³-hybridized carbons (Fsp3) is 0.0714. The number of aromatic carboxylic acids is 1. The summed E-state index contributed by atoms with van der Waals surface area (Å²) >= 11 is 4.33. The number of carboxylic acids is 1. The Kier molecular flexibility index (Phi) is 3.38. The summed E-state index contributed by atoms with van der Waals surface area (Å²) in [4.78, 5) is 37.3. The van der Waals surface area contributed by atoms with Crippen LogP contribution in [-0.2, 0) is 6.54 Å². The Morgan fingerprint density at radius 2 is 1.86 bits per heavy atom. The van der Waals surface area contributed by atoms with Crippen molar-refractivity contribution in [3.63, 3.8) is 0 Å². The molecule has 0 spiro atoms. The Morgan fingerprint density at radius 3 is 2.52 bits per heavy atom. The Hall–Kier alpha value is -1.99. The van der Waals surface area contributed by atoms with Gasteiger partial charge in [-0.05, 0) is 30.3 Å². The van der Waals surface area contributed by atoms with Crippen molar-refractivity contribution in [3.8, 4) is 0 Å². The third-order valence-electron chi connectivity index (χ3n) is 3.12. The number of benzene rings is 1. The summed E-state index contributed by atoms with van der Waals surface area (Å²) < 4.78 is 0.730. The van der Waals surface area contributed by atoms with Gasteiger partial charge in [-0.25, -0.2) is 4.79 Å². The van der Waals surface area contributed by atoms with E-state index in [0.717, 1.165) is 20.7 Å². The highest BCUT2D eigenvalue weighted by atomic mass is 79.9. The first kappa shape index (κ1) is 14.0. The van der Waals surface area contributed by atoms with Gasteiger partial charge in [0.2, 0.25) is 0 Å². The highest BCUT2D eigenvalue weighted by Crippen LogP contribution is 2.28. The van der Waals surface area contributed by atoms with Gasteiger partial charge in [-0.2, -0.15) is 0 Å². The lowest BCUT2D eigenvalue weighted by Gasteiger charge is -2.11. The molecule has 1 aliphatic heterocycles. The minimum absolute atomic E-state index is 0.0852. The van der Waals surface area contributed by atoms with Gasteiger partial charge in [-0.3, -0.25) is 14.5 Å². The van der Waals surface area contributed by atoms with Gasteiger partial charge in [0.1, 0.15) is 4.88 Å². The van der Waals surface area contributed by atoms with E-state index in [1.807, 2.05) is 0 Å². The lowest BCUT2D eigenvalue weighted by molar-refractivity contribution is 0.0641. The molecule has 5 nitrogen and oxygen atoms in total. The molecule has 0 aliphatic carbocycles. The molecule has 0 fully saturated rings. The Morgan fingerprint density at radius 1 is 1.14 bits per heavy atom. The zero-order chi connectivity index (χ0) is 15.1. The first-order valence-electron chi connectivity index (χ1n) is 5.95. The van der Waals surface area contributed by atoms with Crippen molar-refractivity contribution in [2.45, 2.75) is 6.54 Å². The summed E-state index contributed by atoms with van der Waals surface area (Å²) in [6.45, 7) is 0.0852. The first-order chi connectivity index (χ1) is 9.97. The summed E-state index contributed by atoms with van der Waals surface area (Å²) in [5.41, 5.74) is 0.739. The lowest BCUT2D eigenvalue weighted by Crippen LogP contribution is -2.28. The summed E-state index contributed by atoms with van der Waals surface area (Å²) in [5, 5.41) is 8.89. The van der Waals surface area contributed by atoms with Gasteiger partial charge in [-0.1, -0.05) is 15.9 Å². The molecule has 0 unspecified atom stereocenters. The minimum Gasteiger partial charge on any atom is -0.477 e. The third kappa shape index (κ3) is 2.38. The molecule has 0 saturated carbocycles. The number of rotatable bonds is 3. The number of hydrogen-bond donors (Lipinski definition) is 1. The van der Waals surface area contributed by atoms with Gasteiger partial charge in [0.25, 0.3) is 11.8 Å². The molecule has 1 aliphatic rings. The van der Waals surface area contributed by atoms with Crippen LogP contribution in [0.15, 0.2) is 34.8 Å². The van der Waals surface area contributed by atoms with Crippen LogP contribution in [0.1, 0.15) is 35.3 Å². The van der Waals surface area contributed by atoms with Gasteiger partial charge in [0.15, 0.2) is 0 Å². The highest BCUT2D eigenvalue weighted by molar-refractivity contribution is 9.10. The number of imide groups is 1. The smallest absolute Gasteiger partial charge is 0.345 e. The topological polar surface area (TPSA) is 74.7 Å². The molecule has 0 radical (unpaired) electrons. The van der Waals surface area contributed by atoms with E-state index in [0.29, 0.717) is 16.0 Å². The van der Waals surface area contributed by atoms with E-state index in [9.17, 15) is 14.4 Å². The zero-order valence-electron chi connectivity index (χ0n) is 10.5. The number of amides is 2. The van der Waals surface area contributed by atoms with Gasteiger partial charge in [0.05, 0.1) is 17.7 Å². The summed E-state index contributed by atoms with van der Waals surface area (Å²) in [7, 11) is 0. The summed E-state index contributed by atoms with van der Waals surface area (Å²) in [6.07, 6.45) is 0. The number of nitrogens with zero attached hydrogens (tertiary/aromatic N) is 1. The Bertz CT molecular complexity index is 783. The van der Waals surface area contributed by atoms with Crippen molar-refractivity contribution in [2.24, 2.45) is 0 Å². The average molecular weight is 366 g/mol. The third-order valence-corrected chi connectivity index (χ3v) is 4.67. The van der Waals surface area contributed by atoms with Crippen molar-refractivity contribution in [2.75, 3.05) is 0 Å². The SMILES string of the molecule is O=C(O)c1ccc(CN2C(=O)c3ccc(Br)cc3C2=O)s1. The molecule has 2 heterocycles. The number of halogens is 1. The number of fused-ring (bicyclic) bond motifs is 1. The molecule has 1 aromatic heterocycles. The van der Waals surface area contributed by atoms with Crippen molar-refractivity contribution < 1.29 is 19.5 Å². The van der Waals surface area contributed by atoms with Crippen molar-refractivity contribution in [1.29, 1.82) is 0 Å². The standard InChI is InChI=1S/C14H8BrNO4S/c15-7-1-3-9-10(5-7)13(18)16(12(9)17)6-8-2-4-11(21-8)14(19)20/h1-5H,6H2,(H,19,20). The maximum absolute atomic E-state index is 12.3. The van der Waals surface area contributed by atoms with Crippen LogP contribution < -0.4 is 0 Å². The Labute approximate surface area is 131 Å². The van der Waals surface area contributed by atoms with E-state index in [1.165, 1.54) is 6.07 Å². The monoisotopic (exact) mass is 365 g/mol. The van der Waals surface area contributed by atoms with Crippen molar-refractivity contribution in [3.05, 3.63) is 55.7 Å². The highest BCUT2D eigenvalue weighted by Gasteiger charge is 2.35. The fourth-order valence-electron chi connectivity index (χ4n) is 2.14. The molecule has 0 bridgehead atoms. The molecule has 0 atom stereocenters. The molecular weight excluding hydrogens is 358 g/mol. The molecule has 2 aromatic rings. The van der Waals surface area contributed by atoms with Crippen LogP contribution in [-0.4, -0.2) is 27.8 Å². The van der Waals surface area contributed by atoms with Gasteiger partial charge in [-0.15, -0.1) is 11.3 Å². The second kappa shape index (κ2) is 5.09. The Balaban J connectivity index is 1.89. The molecule has 1 aromatic carbocycles. The zero-order valence-corrected chi connectivity index (χ0v) is 12.9. The molecular formula is C14H8BrNO4S. The second-order valence-corrected chi connectivity index (χ2v) is 6.54. The van der Waals surface area contributed by atoms with E-state index in [4.69, 9.17) is 5.11 Å². The van der Waals surface area contributed by atoms with Crippen LogP contribution >= 0.6 is 27.3 Å². The maximum Gasteiger partial charge on any atom is 0.345 e. The normalized spacial score (nSPS) is 13.7. The van der Waals surface area contributed by atoms with Crippen LogP contribution in [0.2, 0.25) is 0 Å². The van der Waals surface area contributed by atoms with Crippen LogP contribution in [0.25, 0.3) is 0 Å². The van der Waals surface area contributed by atoms with E-state index in [-0.39, 0.29) is 23.2 Å². The van der Waals surface area contributed by atoms with E-state index >= 15 is 0 Å². The number of carbonyl (C=O) groups is 3. The molecule has 0 saturated heterocycles. The van der Waals surface area contributed by atoms with E-state index < -0.39 is 5.97 Å². The predicted octanol–water partition coefficient (Wildman–Crippen LogP) is 3.01. The maximum atomic E-state index is 12.3. The quantitative estimate of drug-likeness (QED) is 0.848. The minimum atomic E-state index is -1.02. The van der Waals surface area contributed by atoms with E-state index in [2.05, 4.69) is 15.9 Å². The second-order valence-electron chi connectivity index (χ2n) is 4.46. The first-order valence-corrected chi connectivity index (χ1v) is 7.56. The fourth-order valence-corrected chi connectivity index (χ4v) is 3.34. The van der Waals surface area contributed by atoms with Crippen molar-refractivity contribution in [1.82, 2.24) is 4.90 Å².